The van der Waals surface area contributed by atoms with Gasteiger partial charge in [-0.1, -0.05) is 84.9 Å². The van der Waals surface area contributed by atoms with Crippen LogP contribution in [0.3, 0.4) is 0 Å². The van der Waals surface area contributed by atoms with E-state index in [-0.39, 0.29) is 45.7 Å². The average molecular weight is 652 g/mol. The van der Waals surface area contributed by atoms with Crippen LogP contribution in [0, 0.1) is 6.92 Å². The third-order valence-corrected chi connectivity index (χ3v) is 8.70. The molecule has 0 saturated carbocycles. The number of hydrogen-bond donors (Lipinski definition) is 3. The highest BCUT2D eigenvalue weighted by Crippen LogP contribution is 2.32. The molecular formula is C39H29N3O5S. The Morgan fingerprint density at radius 3 is 2.12 bits per heavy atom. The molecule has 236 valence electrons. The van der Waals surface area contributed by atoms with Crippen molar-refractivity contribution in [2.45, 2.75) is 11.8 Å². The van der Waals surface area contributed by atoms with Crippen molar-refractivity contribution in [1.82, 2.24) is 5.32 Å². The van der Waals surface area contributed by atoms with E-state index < -0.39 is 11.8 Å². The first-order valence-electron chi connectivity index (χ1n) is 15.1. The molecule has 0 heterocycles. The number of carbonyl (C=O) groups excluding carboxylic acids is 5. The number of fused-ring (bicyclic) bond motifs is 2. The average Bonchev–Trinajstić information content (AvgIpc) is 3.10. The van der Waals surface area contributed by atoms with Crippen LogP contribution in [-0.2, 0) is 9.59 Å². The molecule has 0 spiro atoms. The molecule has 0 saturated heterocycles. The molecule has 3 amide bonds. The molecule has 0 radical (unpaired) electrons. The number of ketones is 2. The highest BCUT2D eigenvalue weighted by atomic mass is 32.2. The van der Waals surface area contributed by atoms with Crippen LogP contribution >= 0.6 is 11.8 Å². The maximum absolute atomic E-state index is 13.5. The highest BCUT2D eigenvalue weighted by Gasteiger charge is 2.31. The van der Waals surface area contributed by atoms with Crippen LogP contribution in [0.1, 0.15) is 53.3 Å². The Labute approximate surface area is 281 Å². The lowest BCUT2D eigenvalue weighted by atomic mass is 9.83. The van der Waals surface area contributed by atoms with Gasteiger partial charge in [-0.05, 0) is 60.5 Å². The summed E-state index contributed by atoms with van der Waals surface area (Å²) in [5.41, 5.74) is 4.02. The fraction of sp³-hybridized carbons (Fsp3) is 0.0513. The van der Waals surface area contributed by atoms with E-state index in [4.69, 9.17) is 0 Å². The third-order valence-electron chi connectivity index (χ3n) is 7.71. The van der Waals surface area contributed by atoms with Gasteiger partial charge in [0, 0.05) is 32.8 Å². The maximum Gasteiger partial charge on any atom is 0.272 e. The zero-order chi connectivity index (χ0) is 33.6. The van der Waals surface area contributed by atoms with Gasteiger partial charge in [0.15, 0.2) is 11.6 Å². The molecule has 9 heteroatoms. The number of aryl methyl sites for hydroxylation is 1. The minimum Gasteiger partial charge on any atom is -0.325 e. The highest BCUT2D eigenvalue weighted by molar-refractivity contribution is 8.00. The van der Waals surface area contributed by atoms with Crippen molar-refractivity contribution < 1.29 is 24.0 Å². The molecule has 0 fully saturated rings. The van der Waals surface area contributed by atoms with Crippen molar-refractivity contribution >= 4 is 58.5 Å². The Morgan fingerprint density at radius 1 is 0.688 bits per heavy atom. The minimum absolute atomic E-state index is 0.00532. The molecule has 1 aliphatic rings. The van der Waals surface area contributed by atoms with Gasteiger partial charge in [-0.3, -0.25) is 24.0 Å². The molecule has 0 bridgehead atoms. The maximum atomic E-state index is 13.5. The number of amides is 3. The topological polar surface area (TPSA) is 121 Å². The number of hydrogen-bond acceptors (Lipinski definition) is 6. The summed E-state index contributed by atoms with van der Waals surface area (Å²) in [4.78, 5) is 66.6. The van der Waals surface area contributed by atoms with Crippen molar-refractivity contribution in [2.24, 2.45) is 0 Å². The zero-order valence-corrected chi connectivity index (χ0v) is 26.6. The van der Waals surface area contributed by atoms with Crippen LogP contribution in [0.2, 0.25) is 0 Å². The first kappa shape index (κ1) is 31.9. The Bertz CT molecular complexity index is 2120. The quantitative estimate of drug-likeness (QED) is 0.115. The number of nitrogens with one attached hydrogen (secondary N) is 3. The van der Waals surface area contributed by atoms with E-state index >= 15 is 0 Å². The summed E-state index contributed by atoms with van der Waals surface area (Å²) < 4.78 is 0. The van der Waals surface area contributed by atoms with Gasteiger partial charge in [0.25, 0.3) is 11.8 Å². The first-order valence-corrected chi connectivity index (χ1v) is 16.1. The third kappa shape index (κ3) is 7.01. The molecule has 5 aromatic carbocycles. The van der Waals surface area contributed by atoms with E-state index in [9.17, 15) is 24.0 Å². The van der Waals surface area contributed by atoms with Crippen LogP contribution in [0.25, 0.3) is 6.08 Å². The summed E-state index contributed by atoms with van der Waals surface area (Å²) in [6, 6.07) is 34.6. The zero-order valence-electron chi connectivity index (χ0n) is 25.8. The minimum atomic E-state index is -0.517. The summed E-state index contributed by atoms with van der Waals surface area (Å²) in [5, 5.41) is 8.39. The lowest BCUT2D eigenvalue weighted by Gasteiger charge is -2.20. The van der Waals surface area contributed by atoms with E-state index in [2.05, 4.69) is 16.0 Å². The molecule has 5 aromatic rings. The molecule has 1 aliphatic carbocycles. The van der Waals surface area contributed by atoms with Gasteiger partial charge < -0.3 is 16.0 Å². The second kappa shape index (κ2) is 14.1. The number of anilines is 2. The normalized spacial score (nSPS) is 12.1. The summed E-state index contributed by atoms with van der Waals surface area (Å²) in [7, 11) is 0. The number of rotatable bonds is 9. The lowest BCUT2D eigenvalue weighted by Crippen LogP contribution is -2.30. The van der Waals surface area contributed by atoms with Gasteiger partial charge in [-0.15, -0.1) is 11.8 Å². The number of thioether (sulfide) groups is 1. The smallest absolute Gasteiger partial charge is 0.272 e. The van der Waals surface area contributed by atoms with E-state index in [1.54, 1.807) is 103 Å². The molecule has 0 unspecified atom stereocenters. The molecule has 6 rings (SSSR count). The molecule has 0 aliphatic heterocycles. The Morgan fingerprint density at radius 2 is 1.35 bits per heavy atom. The van der Waals surface area contributed by atoms with E-state index in [1.807, 2.05) is 31.2 Å². The molecule has 8 nitrogen and oxygen atoms in total. The predicted molar refractivity (Wildman–Crippen MR) is 187 cm³/mol. The van der Waals surface area contributed by atoms with Gasteiger partial charge in [0.1, 0.15) is 5.70 Å². The van der Waals surface area contributed by atoms with Crippen LogP contribution < -0.4 is 16.0 Å². The van der Waals surface area contributed by atoms with Crippen molar-refractivity contribution in [3.63, 3.8) is 0 Å². The summed E-state index contributed by atoms with van der Waals surface area (Å²) in [6.45, 7) is 1.92. The first-order chi connectivity index (χ1) is 23.3. The fourth-order valence-corrected chi connectivity index (χ4v) is 6.05. The summed E-state index contributed by atoms with van der Waals surface area (Å²) >= 11 is 1.24. The van der Waals surface area contributed by atoms with Gasteiger partial charge in [0.2, 0.25) is 5.91 Å². The Balaban J connectivity index is 1.14. The standard InChI is InChI=1S/C39H29N3O5S/c1-24-11-5-6-14-26(24)21-33(42-38(46)25-12-3-2-4-13-25)39(47)40-27-15-9-16-28(22-27)48-23-34(43)41-32-20-10-19-31-35(32)37(45)30-18-8-7-17-29(30)36(31)44/h2-22H,23H2,1H3,(H,40,47)(H,41,43)(H,42,46)/b33-21+. The lowest BCUT2D eigenvalue weighted by molar-refractivity contribution is -0.114. The monoisotopic (exact) mass is 651 g/mol. The second-order valence-electron chi connectivity index (χ2n) is 11.0. The molecular weight excluding hydrogens is 623 g/mol. The van der Waals surface area contributed by atoms with Gasteiger partial charge in [-0.2, -0.15) is 0 Å². The van der Waals surface area contributed by atoms with Crippen LogP contribution in [-0.4, -0.2) is 35.0 Å². The second-order valence-corrected chi connectivity index (χ2v) is 12.0. The van der Waals surface area contributed by atoms with Gasteiger partial charge in [-0.25, -0.2) is 0 Å². The van der Waals surface area contributed by atoms with E-state index in [0.717, 1.165) is 11.1 Å². The molecule has 0 atom stereocenters. The van der Waals surface area contributed by atoms with Gasteiger partial charge in [0.05, 0.1) is 17.0 Å². The van der Waals surface area contributed by atoms with Crippen LogP contribution in [0.5, 0.6) is 0 Å². The molecule has 3 N–H and O–H groups in total. The number of carbonyl (C=O) groups is 5. The fourth-order valence-electron chi connectivity index (χ4n) is 5.29. The van der Waals surface area contributed by atoms with Crippen LogP contribution in [0.15, 0.2) is 132 Å². The van der Waals surface area contributed by atoms with Crippen molar-refractivity contribution in [2.75, 3.05) is 16.4 Å². The largest absolute Gasteiger partial charge is 0.325 e. The van der Waals surface area contributed by atoms with Crippen molar-refractivity contribution in [3.05, 3.63) is 166 Å². The summed E-state index contributed by atoms with van der Waals surface area (Å²) in [5.74, 6) is -1.88. The van der Waals surface area contributed by atoms with E-state index in [0.29, 0.717) is 27.3 Å². The SMILES string of the molecule is Cc1ccccc1/C=C(/NC(=O)c1ccccc1)C(=O)Nc1cccc(SCC(=O)Nc2cccc3c2C(=O)c2ccccc2C3=O)c1. The van der Waals surface area contributed by atoms with E-state index in [1.165, 1.54) is 11.8 Å². The van der Waals surface area contributed by atoms with Crippen molar-refractivity contribution in [3.8, 4) is 0 Å². The Hall–Kier alpha value is -6.06. The number of benzene rings is 5. The summed E-state index contributed by atoms with van der Waals surface area (Å²) in [6.07, 6.45) is 1.63. The Kier molecular flexibility index (Phi) is 9.40. The predicted octanol–water partition coefficient (Wildman–Crippen LogP) is 6.91. The van der Waals surface area contributed by atoms with Gasteiger partial charge >= 0.3 is 0 Å². The van der Waals surface area contributed by atoms with Crippen molar-refractivity contribution in [1.29, 1.82) is 0 Å². The molecule has 48 heavy (non-hydrogen) atoms. The van der Waals surface area contributed by atoms with Crippen LogP contribution in [0.4, 0.5) is 11.4 Å². The molecule has 0 aromatic heterocycles.